The van der Waals surface area contributed by atoms with E-state index in [9.17, 15) is 4.39 Å². The molecule has 25 heavy (non-hydrogen) atoms. The first-order valence-corrected chi connectivity index (χ1v) is 10.2. The van der Waals surface area contributed by atoms with Gasteiger partial charge in [0.15, 0.2) is 6.29 Å². The topological polar surface area (TPSA) is 18.5 Å². The zero-order chi connectivity index (χ0) is 17.6. The minimum absolute atomic E-state index is 0.222. The van der Waals surface area contributed by atoms with Crippen molar-refractivity contribution in [3.8, 4) is 0 Å². The number of benzene rings is 1. The first-order chi connectivity index (χ1) is 12.2. The van der Waals surface area contributed by atoms with Crippen molar-refractivity contribution in [2.24, 2.45) is 23.7 Å². The Morgan fingerprint density at radius 2 is 1.64 bits per heavy atom. The number of ether oxygens (including phenoxy) is 2. The van der Waals surface area contributed by atoms with Crippen molar-refractivity contribution in [2.75, 3.05) is 13.2 Å². The lowest BCUT2D eigenvalue weighted by Crippen LogP contribution is -2.35. The van der Waals surface area contributed by atoms with Crippen molar-refractivity contribution < 1.29 is 13.9 Å². The molecule has 0 N–H and O–H groups in total. The Balaban J connectivity index is 1.44. The Bertz CT molecular complexity index is 499. The molecule has 1 heterocycles. The van der Waals surface area contributed by atoms with Crippen LogP contribution in [-0.2, 0) is 9.47 Å². The van der Waals surface area contributed by atoms with Crippen LogP contribution in [0.2, 0.25) is 0 Å². The molecule has 1 saturated carbocycles. The third-order valence-corrected chi connectivity index (χ3v) is 6.41. The number of halogens is 1. The molecule has 2 fully saturated rings. The predicted octanol–water partition coefficient (Wildman–Crippen LogP) is 6.12. The van der Waals surface area contributed by atoms with Crippen LogP contribution in [0.5, 0.6) is 0 Å². The first kappa shape index (κ1) is 18.8. The quantitative estimate of drug-likeness (QED) is 0.616. The van der Waals surface area contributed by atoms with Gasteiger partial charge in [0.25, 0.3) is 0 Å². The SMILES string of the molecule is CCCCC1CCC(C(C)C2COC(c3ccc(F)cc3)OC2)CC1. The summed E-state index contributed by atoms with van der Waals surface area (Å²) in [7, 11) is 0. The molecule has 1 aliphatic heterocycles. The van der Waals surface area contributed by atoms with E-state index >= 15 is 0 Å². The molecule has 1 aliphatic carbocycles. The normalized spacial score (nSPS) is 31.6. The van der Waals surface area contributed by atoms with Crippen LogP contribution >= 0.6 is 0 Å². The Morgan fingerprint density at radius 1 is 1.00 bits per heavy atom. The van der Waals surface area contributed by atoms with Crippen LogP contribution in [-0.4, -0.2) is 13.2 Å². The first-order valence-electron chi connectivity index (χ1n) is 10.2. The highest BCUT2D eigenvalue weighted by Gasteiger charge is 2.33. The van der Waals surface area contributed by atoms with E-state index in [-0.39, 0.29) is 12.1 Å². The molecule has 2 nitrogen and oxygen atoms in total. The van der Waals surface area contributed by atoms with Crippen molar-refractivity contribution in [1.82, 2.24) is 0 Å². The molecule has 1 unspecified atom stereocenters. The van der Waals surface area contributed by atoms with E-state index in [4.69, 9.17) is 9.47 Å². The summed E-state index contributed by atoms with van der Waals surface area (Å²) in [6, 6.07) is 6.43. The van der Waals surface area contributed by atoms with Gasteiger partial charge in [-0.15, -0.1) is 0 Å². The molecule has 0 spiro atoms. The van der Waals surface area contributed by atoms with Crippen molar-refractivity contribution in [1.29, 1.82) is 0 Å². The van der Waals surface area contributed by atoms with Gasteiger partial charge in [-0.25, -0.2) is 4.39 Å². The molecule has 2 aliphatic rings. The molecule has 0 aromatic heterocycles. The monoisotopic (exact) mass is 348 g/mol. The van der Waals surface area contributed by atoms with Crippen LogP contribution in [0.4, 0.5) is 4.39 Å². The van der Waals surface area contributed by atoms with Crippen molar-refractivity contribution in [3.05, 3.63) is 35.6 Å². The second-order valence-corrected chi connectivity index (χ2v) is 8.09. The molecule has 1 atom stereocenters. The summed E-state index contributed by atoms with van der Waals surface area (Å²) in [5.41, 5.74) is 0.906. The lowest BCUT2D eigenvalue weighted by molar-refractivity contribution is -0.215. The summed E-state index contributed by atoms with van der Waals surface area (Å²) in [5.74, 6) is 2.69. The van der Waals surface area contributed by atoms with Gasteiger partial charge >= 0.3 is 0 Å². The predicted molar refractivity (Wildman–Crippen MR) is 98.7 cm³/mol. The second-order valence-electron chi connectivity index (χ2n) is 8.09. The van der Waals surface area contributed by atoms with E-state index in [2.05, 4.69) is 13.8 Å². The number of unbranched alkanes of at least 4 members (excludes halogenated alkanes) is 1. The number of rotatable bonds is 6. The summed E-state index contributed by atoms with van der Waals surface area (Å²) >= 11 is 0. The molecule has 3 heteroatoms. The minimum Gasteiger partial charge on any atom is -0.348 e. The average molecular weight is 349 g/mol. The van der Waals surface area contributed by atoms with E-state index < -0.39 is 0 Å². The van der Waals surface area contributed by atoms with Gasteiger partial charge in [-0.1, -0.05) is 58.1 Å². The largest absolute Gasteiger partial charge is 0.348 e. The van der Waals surface area contributed by atoms with E-state index in [1.54, 1.807) is 12.1 Å². The van der Waals surface area contributed by atoms with Crippen LogP contribution in [0.15, 0.2) is 24.3 Å². The lowest BCUT2D eigenvalue weighted by Gasteiger charge is -2.39. The zero-order valence-electron chi connectivity index (χ0n) is 15.8. The second kappa shape index (κ2) is 9.14. The smallest absolute Gasteiger partial charge is 0.183 e. The summed E-state index contributed by atoms with van der Waals surface area (Å²) in [6.45, 7) is 6.17. The van der Waals surface area contributed by atoms with E-state index in [1.165, 1.54) is 57.1 Å². The third kappa shape index (κ3) is 5.04. The van der Waals surface area contributed by atoms with Gasteiger partial charge in [-0.05, 0) is 42.7 Å². The van der Waals surface area contributed by atoms with Crippen LogP contribution in [0.1, 0.15) is 70.6 Å². The molecule has 3 rings (SSSR count). The maximum Gasteiger partial charge on any atom is 0.183 e. The molecular weight excluding hydrogens is 315 g/mol. The lowest BCUT2D eigenvalue weighted by atomic mass is 9.71. The van der Waals surface area contributed by atoms with Gasteiger partial charge in [0.2, 0.25) is 0 Å². The van der Waals surface area contributed by atoms with Crippen molar-refractivity contribution in [2.45, 2.75) is 65.1 Å². The highest BCUT2D eigenvalue weighted by atomic mass is 19.1. The van der Waals surface area contributed by atoms with E-state index in [0.717, 1.165) is 30.6 Å². The summed E-state index contributed by atoms with van der Waals surface area (Å²) < 4.78 is 25.0. The summed E-state index contributed by atoms with van der Waals surface area (Å²) in [4.78, 5) is 0. The maximum atomic E-state index is 13.0. The highest BCUT2D eigenvalue weighted by Crippen LogP contribution is 2.40. The molecular formula is C22H33FO2. The van der Waals surface area contributed by atoms with Crippen LogP contribution < -0.4 is 0 Å². The van der Waals surface area contributed by atoms with E-state index in [1.807, 2.05) is 0 Å². The Hall–Kier alpha value is -0.930. The molecule has 1 aromatic rings. The molecule has 0 bridgehead atoms. The third-order valence-electron chi connectivity index (χ3n) is 6.41. The maximum absolute atomic E-state index is 13.0. The van der Waals surface area contributed by atoms with Crippen LogP contribution in [0, 0.1) is 29.5 Å². The van der Waals surface area contributed by atoms with Gasteiger partial charge in [-0.3, -0.25) is 0 Å². The average Bonchev–Trinajstić information content (AvgIpc) is 2.67. The Labute approximate surface area is 152 Å². The van der Waals surface area contributed by atoms with E-state index in [0.29, 0.717) is 11.8 Å². The van der Waals surface area contributed by atoms with Gasteiger partial charge in [0.1, 0.15) is 5.82 Å². The standard InChI is InChI=1S/C22H33FO2/c1-3-4-5-17-6-8-18(9-7-17)16(2)20-14-24-22(25-15-20)19-10-12-21(23)13-11-19/h10-13,16-18,20,22H,3-9,14-15H2,1-2H3. The number of hydrogen-bond acceptors (Lipinski definition) is 2. The fourth-order valence-electron chi connectivity index (χ4n) is 4.51. The fourth-order valence-corrected chi connectivity index (χ4v) is 4.51. The molecule has 140 valence electrons. The van der Waals surface area contributed by atoms with Gasteiger partial charge in [0.05, 0.1) is 13.2 Å². The Morgan fingerprint density at radius 3 is 2.24 bits per heavy atom. The van der Waals surface area contributed by atoms with Crippen molar-refractivity contribution >= 4 is 0 Å². The minimum atomic E-state index is -0.339. The Kier molecular flexibility index (Phi) is 6.89. The molecule has 1 aromatic carbocycles. The van der Waals surface area contributed by atoms with Crippen LogP contribution in [0.3, 0.4) is 0 Å². The zero-order valence-corrected chi connectivity index (χ0v) is 15.8. The number of hydrogen-bond donors (Lipinski definition) is 0. The summed E-state index contributed by atoms with van der Waals surface area (Å²) in [5, 5.41) is 0. The van der Waals surface area contributed by atoms with Gasteiger partial charge in [-0.2, -0.15) is 0 Å². The van der Waals surface area contributed by atoms with Gasteiger partial charge < -0.3 is 9.47 Å². The van der Waals surface area contributed by atoms with Crippen molar-refractivity contribution in [3.63, 3.8) is 0 Å². The van der Waals surface area contributed by atoms with Gasteiger partial charge in [0, 0.05) is 11.5 Å². The molecule has 0 radical (unpaired) electrons. The summed E-state index contributed by atoms with van der Waals surface area (Å²) in [6.07, 6.45) is 9.34. The molecule has 0 amide bonds. The van der Waals surface area contributed by atoms with Crippen LogP contribution in [0.25, 0.3) is 0 Å². The fraction of sp³-hybridized carbons (Fsp3) is 0.727. The molecule has 1 saturated heterocycles. The highest BCUT2D eigenvalue weighted by molar-refractivity contribution is 5.17.